The summed E-state index contributed by atoms with van der Waals surface area (Å²) in [6, 6.07) is 23.1. The number of oxazole rings is 1. The number of thiazole rings is 1. The van der Waals surface area contributed by atoms with E-state index in [9.17, 15) is 4.79 Å². The second-order valence-corrected chi connectivity index (χ2v) is 13.0. The van der Waals surface area contributed by atoms with Crippen LogP contribution in [-0.4, -0.2) is 39.4 Å². The number of esters is 1. The number of para-hydroxylation sites is 1. The first kappa shape index (κ1) is 35.2. The summed E-state index contributed by atoms with van der Waals surface area (Å²) in [7, 11) is 1.60. The lowest BCUT2D eigenvalue weighted by atomic mass is 10.1. The van der Waals surface area contributed by atoms with Gasteiger partial charge in [-0.2, -0.15) is 0 Å². The van der Waals surface area contributed by atoms with Gasteiger partial charge in [0.2, 0.25) is 11.8 Å². The molecule has 0 aliphatic heterocycles. The zero-order valence-electron chi connectivity index (χ0n) is 29.3. The lowest BCUT2D eigenvalue weighted by Crippen LogP contribution is -2.07. The third-order valence-corrected chi connectivity index (χ3v) is 9.17. The van der Waals surface area contributed by atoms with Gasteiger partial charge in [0.05, 0.1) is 42.1 Å². The molecule has 0 N–H and O–H groups in total. The molecule has 3 heterocycles. The van der Waals surface area contributed by atoms with Gasteiger partial charge in [0.25, 0.3) is 0 Å². The Morgan fingerprint density at radius 3 is 2.41 bits per heavy atom. The monoisotopic (exact) mass is 704 g/mol. The van der Waals surface area contributed by atoms with Crippen molar-refractivity contribution in [2.75, 3.05) is 13.7 Å². The molecule has 10 nitrogen and oxygen atoms in total. The smallest absolute Gasteiger partial charge is 0.310 e. The Balaban J connectivity index is 1.13. The third-order valence-electron chi connectivity index (χ3n) is 8.04. The van der Waals surface area contributed by atoms with Crippen molar-refractivity contribution in [3.63, 3.8) is 0 Å². The van der Waals surface area contributed by atoms with E-state index in [2.05, 4.69) is 18.8 Å². The van der Waals surface area contributed by atoms with E-state index in [1.807, 2.05) is 103 Å². The molecule has 262 valence electrons. The molecule has 0 amide bonds. The first-order chi connectivity index (χ1) is 24.8. The second-order valence-electron chi connectivity index (χ2n) is 11.7. The largest absolute Gasteiger partial charge is 0.493 e. The minimum absolute atomic E-state index is 0.188. The van der Waals surface area contributed by atoms with Crippen molar-refractivity contribution in [2.45, 2.75) is 53.8 Å². The molecule has 0 bridgehead atoms. The van der Waals surface area contributed by atoms with Crippen LogP contribution in [0.4, 0.5) is 0 Å². The molecule has 51 heavy (non-hydrogen) atoms. The number of ether oxygens (including phenoxy) is 4. The lowest BCUT2D eigenvalue weighted by Gasteiger charge is -2.12. The Kier molecular flexibility index (Phi) is 11.3. The van der Waals surface area contributed by atoms with Crippen LogP contribution in [0.5, 0.6) is 17.4 Å². The van der Waals surface area contributed by atoms with Gasteiger partial charge in [0.1, 0.15) is 24.7 Å². The number of methoxy groups -OCH3 is 1. The summed E-state index contributed by atoms with van der Waals surface area (Å²) in [4.78, 5) is 22.4. The Morgan fingerprint density at radius 1 is 0.902 bits per heavy atom. The highest BCUT2D eigenvalue weighted by molar-refractivity contribution is 7.11. The maximum Gasteiger partial charge on any atom is 0.310 e. The molecular weight excluding hydrogens is 665 g/mol. The van der Waals surface area contributed by atoms with Crippen molar-refractivity contribution in [3.05, 3.63) is 123 Å². The fourth-order valence-corrected chi connectivity index (χ4v) is 6.16. The van der Waals surface area contributed by atoms with Crippen LogP contribution in [0.1, 0.15) is 57.6 Å². The minimum atomic E-state index is -0.256. The van der Waals surface area contributed by atoms with Crippen LogP contribution < -0.4 is 14.2 Å². The lowest BCUT2D eigenvalue weighted by molar-refractivity contribution is -0.142. The van der Waals surface area contributed by atoms with Crippen LogP contribution in [-0.2, 0) is 35.6 Å². The number of nitrogens with zero attached hydrogens (tertiary/aromatic N) is 4. The zero-order chi connectivity index (χ0) is 35.7. The molecule has 0 radical (unpaired) electrons. The number of carbonyl (C=O) groups excluding carboxylic acids is 1. The summed E-state index contributed by atoms with van der Waals surface area (Å²) in [5, 5.41) is 5.88. The Bertz CT molecular complexity index is 2110. The average molecular weight is 705 g/mol. The molecule has 3 aromatic carbocycles. The van der Waals surface area contributed by atoms with Crippen molar-refractivity contribution >= 4 is 29.5 Å². The van der Waals surface area contributed by atoms with Gasteiger partial charge in [-0.25, -0.2) is 14.6 Å². The Morgan fingerprint density at radius 2 is 1.69 bits per heavy atom. The molecular formula is C40H40N4O6S. The van der Waals surface area contributed by atoms with E-state index in [4.69, 9.17) is 33.4 Å². The van der Waals surface area contributed by atoms with Crippen LogP contribution in [0, 0.1) is 13.8 Å². The SMILES string of the molecule is CCOC(=O)Cc1ccc(-c2nc(COc3ccc(COc4nn(-c5ccccc5)cc4C=Cc4nc(CC)sc4C)cc3OC)c(C)o2)cc1. The normalized spacial score (nSPS) is 11.2. The van der Waals surface area contributed by atoms with Crippen LogP contribution in [0.25, 0.3) is 29.3 Å². The topological polar surface area (TPSA) is 111 Å². The summed E-state index contributed by atoms with van der Waals surface area (Å²) in [6.07, 6.45) is 7.10. The van der Waals surface area contributed by atoms with Gasteiger partial charge in [0.15, 0.2) is 11.5 Å². The van der Waals surface area contributed by atoms with Crippen LogP contribution in [0.3, 0.4) is 0 Å². The Hall–Kier alpha value is -5.68. The first-order valence-electron chi connectivity index (χ1n) is 16.8. The molecule has 0 fully saturated rings. The molecule has 3 aromatic heterocycles. The minimum Gasteiger partial charge on any atom is -0.493 e. The summed E-state index contributed by atoms with van der Waals surface area (Å²) in [6.45, 7) is 8.66. The van der Waals surface area contributed by atoms with E-state index in [-0.39, 0.29) is 25.6 Å². The maximum absolute atomic E-state index is 11.8. The molecule has 6 rings (SSSR count). The summed E-state index contributed by atoms with van der Waals surface area (Å²) in [5.41, 5.74) is 5.94. The van der Waals surface area contributed by atoms with Gasteiger partial charge >= 0.3 is 5.97 Å². The fraction of sp³-hybridized carbons (Fsp3) is 0.250. The number of aromatic nitrogens is 4. The van der Waals surface area contributed by atoms with Gasteiger partial charge in [0, 0.05) is 16.6 Å². The molecule has 0 aliphatic rings. The molecule has 0 spiro atoms. The predicted octanol–water partition coefficient (Wildman–Crippen LogP) is 8.61. The molecule has 0 atom stereocenters. The van der Waals surface area contributed by atoms with Crippen molar-refractivity contribution in [1.29, 1.82) is 0 Å². The first-order valence-corrected chi connectivity index (χ1v) is 17.6. The third kappa shape index (κ3) is 8.74. The van der Waals surface area contributed by atoms with Gasteiger partial charge in [-0.15, -0.1) is 16.4 Å². The highest BCUT2D eigenvalue weighted by Gasteiger charge is 2.16. The summed E-state index contributed by atoms with van der Waals surface area (Å²) in [5.74, 6) is 2.51. The van der Waals surface area contributed by atoms with Crippen molar-refractivity contribution in [2.24, 2.45) is 0 Å². The number of benzene rings is 3. The fourth-order valence-electron chi connectivity index (χ4n) is 5.30. The second kappa shape index (κ2) is 16.4. The van der Waals surface area contributed by atoms with Gasteiger partial charge < -0.3 is 23.4 Å². The van der Waals surface area contributed by atoms with Crippen molar-refractivity contribution in [3.8, 4) is 34.5 Å². The van der Waals surface area contributed by atoms with E-state index in [0.29, 0.717) is 41.3 Å². The van der Waals surface area contributed by atoms with E-state index < -0.39 is 0 Å². The number of rotatable bonds is 15. The van der Waals surface area contributed by atoms with Crippen LogP contribution in [0.15, 0.2) is 83.4 Å². The number of carbonyl (C=O) groups is 1. The molecule has 0 saturated carbocycles. The predicted molar refractivity (Wildman–Crippen MR) is 197 cm³/mol. The molecule has 0 saturated heterocycles. The van der Waals surface area contributed by atoms with Gasteiger partial charge in [-0.05, 0) is 86.9 Å². The Labute approximate surface area is 301 Å². The number of hydrogen-bond donors (Lipinski definition) is 0. The standard InChI is InChI=1S/C40H40N4O6S/c1-6-37-41-33(27(4)51-37)19-18-31-23-44(32-11-9-8-10-12-32)43-40(31)49-24-29-15-20-35(36(21-29)46-5)48-25-34-26(3)50-39(42-34)30-16-13-28(14-17-30)22-38(45)47-7-2/h8-21,23H,6-7,22,24-25H2,1-5H3. The number of hydrogen-bond acceptors (Lipinski definition) is 10. The van der Waals surface area contributed by atoms with Crippen LogP contribution >= 0.6 is 11.3 Å². The maximum atomic E-state index is 11.8. The van der Waals surface area contributed by atoms with Gasteiger partial charge in [-0.3, -0.25) is 4.79 Å². The van der Waals surface area contributed by atoms with Crippen molar-refractivity contribution in [1.82, 2.24) is 19.7 Å². The summed E-state index contributed by atoms with van der Waals surface area (Å²) >= 11 is 1.72. The van der Waals surface area contributed by atoms with E-state index in [0.717, 1.165) is 45.1 Å². The average Bonchev–Trinajstić information content (AvgIpc) is 3.85. The van der Waals surface area contributed by atoms with E-state index >= 15 is 0 Å². The molecule has 0 aliphatic carbocycles. The number of aryl methyl sites for hydroxylation is 3. The molecule has 11 heteroatoms. The highest BCUT2D eigenvalue weighted by atomic mass is 32.1. The molecule has 6 aromatic rings. The molecule has 0 unspecified atom stereocenters. The quantitative estimate of drug-likeness (QED) is 0.0971. The van der Waals surface area contributed by atoms with Crippen LogP contribution in [0.2, 0.25) is 0 Å². The van der Waals surface area contributed by atoms with E-state index in [1.54, 1.807) is 25.4 Å². The van der Waals surface area contributed by atoms with Crippen molar-refractivity contribution < 1.29 is 28.2 Å². The van der Waals surface area contributed by atoms with Gasteiger partial charge in [-0.1, -0.05) is 43.3 Å². The highest BCUT2D eigenvalue weighted by Crippen LogP contribution is 2.31. The van der Waals surface area contributed by atoms with E-state index in [1.165, 1.54) is 4.88 Å². The summed E-state index contributed by atoms with van der Waals surface area (Å²) < 4.78 is 30.9. The zero-order valence-corrected chi connectivity index (χ0v) is 30.2.